The summed E-state index contributed by atoms with van der Waals surface area (Å²) in [7, 11) is 0. The molecule has 0 aliphatic carbocycles. The number of esters is 1. The normalized spacial score (nSPS) is 16.1. The van der Waals surface area contributed by atoms with Crippen molar-refractivity contribution >= 4 is 57.7 Å². The van der Waals surface area contributed by atoms with Crippen LogP contribution in [0.1, 0.15) is 29.3 Å². The van der Waals surface area contributed by atoms with E-state index in [1.807, 2.05) is 0 Å². The molecular weight excluding hydrogens is 529 g/mol. The molecule has 1 aliphatic rings. The second-order valence-electron chi connectivity index (χ2n) is 8.37. The minimum absolute atomic E-state index is 0.0669. The number of nitrogens with one attached hydrogen (secondary N) is 1. The van der Waals surface area contributed by atoms with Crippen molar-refractivity contribution in [1.29, 1.82) is 0 Å². The van der Waals surface area contributed by atoms with E-state index in [9.17, 15) is 18.8 Å². The quantitative estimate of drug-likeness (QED) is 0.335. The van der Waals surface area contributed by atoms with Gasteiger partial charge in [0.25, 0.3) is 0 Å². The fraction of sp³-hybridized carbons (Fsp3) is 0.214. The van der Waals surface area contributed by atoms with Crippen molar-refractivity contribution in [3.05, 3.63) is 94.8 Å². The molecule has 4 rings (SSSR count). The van der Waals surface area contributed by atoms with Gasteiger partial charge >= 0.3 is 5.97 Å². The fourth-order valence-corrected chi connectivity index (χ4v) is 5.12. The monoisotopic (exact) mass is 553 g/mol. The summed E-state index contributed by atoms with van der Waals surface area (Å²) in [5, 5.41) is 2.92. The molecule has 3 aromatic carbocycles. The molecule has 7 nitrogen and oxygen atoms in total. The number of anilines is 1. The highest BCUT2D eigenvalue weighted by Crippen LogP contribution is 2.32. The van der Waals surface area contributed by atoms with Gasteiger partial charge in [-0.1, -0.05) is 47.6 Å². The zero-order chi connectivity index (χ0) is 27.1. The van der Waals surface area contributed by atoms with Crippen LogP contribution in [0.2, 0.25) is 5.02 Å². The van der Waals surface area contributed by atoms with Gasteiger partial charge in [0.15, 0.2) is 5.17 Å². The third kappa shape index (κ3) is 6.99. The predicted octanol–water partition coefficient (Wildman–Crippen LogP) is 5.86. The van der Waals surface area contributed by atoms with Crippen molar-refractivity contribution in [3.8, 4) is 0 Å². The van der Waals surface area contributed by atoms with Crippen LogP contribution >= 0.6 is 23.4 Å². The highest BCUT2D eigenvalue weighted by molar-refractivity contribution is 8.15. The van der Waals surface area contributed by atoms with Crippen molar-refractivity contribution in [1.82, 2.24) is 4.90 Å². The van der Waals surface area contributed by atoms with Crippen LogP contribution < -0.4 is 5.32 Å². The van der Waals surface area contributed by atoms with Gasteiger partial charge < -0.3 is 10.1 Å². The molecule has 10 heteroatoms. The molecule has 0 bridgehead atoms. The summed E-state index contributed by atoms with van der Waals surface area (Å²) in [6.45, 7) is 2.31. The SMILES string of the molecule is CCOC(=O)c1ccc(N=C2S[C@H](CC(=O)Nc3ccccc3Cl)C(=O)N2CCc2ccc(F)cc2)cc1. The Kier molecular flexibility index (Phi) is 9.15. The summed E-state index contributed by atoms with van der Waals surface area (Å²) in [5.74, 6) is -1.35. The van der Waals surface area contributed by atoms with Crippen LogP contribution in [0.25, 0.3) is 0 Å². The van der Waals surface area contributed by atoms with Crippen LogP contribution in [0.4, 0.5) is 15.8 Å². The Morgan fingerprint density at radius 3 is 2.47 bits per heavy atom. The van der Waals surface area contributed by atoms with Crippen molar-refractivity contribution < 1.29 is 23.5 Å². The smallest absolute Gasteiger partial charge is 0.338 e. The van der Waals surface area contributed by atoms with E-state index < -0.39 is 11.2 Å². The standard InChI is InChI=1S/C28H25ClFN3O4S/c1-2-37-27(36)19-9-13-21(14-10-19)31-28-33(16-15-18-7-11-20(30)12-8-18)26(35)24(38-28)17-25(34)32-23-6-4-3-5-22(23)29/h3-14,24H,2,15-17H2,1H3,(H,32,34)/t24-/m1/s1. The number of hydrogen-bond donors (Lipinski definition) is 1. The summed E-state index contributed by atoms with van der Waals surface area (Å²) in [6, 6.07) is 19.5. The van der Waals surface area contributed by atoms with Gasteiger partial charge in [-0.2, -0.15) is 0 Å². The number of rotatable bonds is 9. The molecule has 1 fully saturated rings. The number of thioether (sulfide) groups is 1. The Bertz CT molecular complexity index is 1350. The lowest BCUT2D eigenvalue weighted by Crippen LogP contribution is -2.35. The Balaban J connectivity index is 1.52. The minimum atomic E-state index is -0.678. The van der Waals surface area contributed by atoms with Gasteiger partial charge in [0.1, 0.15) is 11.1 Å². The summed E-state index contributed by atoms with van der Waals surface area (Å²) in [5.41, 5.74) is 2.27. The van der Waals surface area contributed by atoms with Gasteiger partial charge in [0.2, 0.25) is 11.8 Å². The maximum Gasteiger partial charge on any atom is 0.338 e. The molecule has 3 aromatic rings. The summed E-state index contributed by atoms with van der Waals surface area (Å²) < 4.78 is 18.3. The first kappa shape index (κ1) is 27.3. The maximum atomic E-state index is 13.3. The van der Waals surface area contributed by atoms with Crippen LogP contribution in [0.15, 0.2) is 77.8 Å². The lowest BCUT2D eigenvalue weighted by molar-refractivity contribution is -0.128. The number of amides is 2. The van der Waals surface area contributed by atoms with E-state index >= 15 is 0 Å². The largest absolute Gasteiger partial charge is 0.462 e. The lowest BCUT2D eigenvalue weighted by Gasteiger charge is -2.16. The number of aliphatic imine (C=N–C) groups is 1. The number of halogens is 2. The predicted molar refractivity (Wildman–Crippen MR) is 147 cm³/mol. The number of benzene rings is 3. The number of ether oxygens (including phenoxy) is 1. The van der Waals surface area contributed by atoms with Crippen LogP contribution in [-0.2, 0) is 20.7 Å². The Morgan fingerprint density at radius 2 is 1.79 bits per heavy atom. The molecule has 2 amide bonds. The van der Waals surface area contributed by atoms with Crippen LogP contribution in [-0.4, -0.2) is 46.3 Å². The number of carbonyl (C=O) groups is 3. The van der Waals surface area contributed by atoms with E-state index in [0.717, 1.165) is 5.56 Å². The lowest BCUT2D eigenvalue weighted by atomic mass is 10.1. The summed E-state index contributed by atoms with van der Waals surface area (Å²) >= 11 is 7.34. The second kappa shape index (κ2) is 12.7. The van der Waals surface area contributed by atoms with Crippen LogP contribution in [0.3, 0.4) is 0 Å². The minimum Gasteiger partial charge on any atom is -0.462 e. The fourth-order valence-electron chi connectivity index (χ4n) is 3.75. The van der Waals surface area contributed by atoms with Gasteiger partial charge in [-0.15, -0.1) is 0 Å². The average Bonchev–Trinajstić information content (AvgIpc) is 3.19. The molecule has 1 atom stereocenters. The number of hydrogen-bond acceptors (Lipinski definition) is 6. The number of para-hydroxylation sites is 1. The topological polar surface area (TPSA) is 88.1 Å². The van der Waals surface area contributed by atoms with Crippen LogP contribution in [0, 0.1) is 5.82 Å². The van der Waals surface area contributed by atoms with E-state index in [0.29, 0.717) is 40.1 Å². The van der Waals surface area contributed by atoms with Crippen LogP contribution in [0.5, 0.6) is 0 Å². The molecule has 1 aliphatic heterocycles. The first-order valence-electron chi connectivity index (χ1n) is 12.0. The molecule has 1 heterocycles. The summed E-state index contributed by atoms with van der Waals surface area (Å²) in [6.07, 6.45) is 0.411. The van der Waals surface area contributed by atoms with Gasteiger partial charge in [-0.05, 0) is 67.4 Å². The molecule has 38 heavy (non-hydrogen) atoms. The molecule has 1 N–H and O–H groups in total. The Hall–Kier alpha value is -3.69. The highest BCUT2D eigenvalue weighted by atomic mass is 35.5. The van der Waals surface area contributed by atoms with Gasteiger partial charge in [-0.25, -0.2) is 14.2 Å². The van der Waals surface area contributed by atoms with Crippen molar-refractivity contribution in [3.63, 3.8) is 0 Å². The molecule has 0 aromatic heterocycles. The zero-order valence-corrected chi connectivity index (χ0v) is 22.1. The van der Waals surface area contributed by atoms with Crippen molar-refractivity contribution in [2.24, 2.45) is 4.99 Å². The van der Waals surface area contributed by atoms with Crippen molar-refractivity contribution in [2.45, 2.75) is 25.0 Å². The summed E-state index contributed by atoms with van der Waals surface area (Å²) in [4.78, 5) is 44.2. The zero-order valence-electron chi connectivity index (χ0n) is 20.5. The third-order valence-electron chi connectivity index (χ3n) is 5.68. The molecule has 0 unspecified atom stereocenters. The molecule has 0 saturated carbocycles. The van der Waals surface area contributed by atoms with Gasteiger partial charge in [-0.3, -0.25) is 14.5 Å². The molecule has 1 saturated heterocycles. The number of carbonyl (C=O) groups excluding carboxylic acids is 3. The second-order valence-corrected chi connectivity index (χ2v) is 9.94. The molecular formula is C28H25ClFN3O4S. The third-order valence-corrected chi connectivity index (χ3v) is 7.18. The number of nitrogens with zero attached hydrogens (tertiary/aromatic N) is 2. The average molecular weight is 554 g/mol. The molecule has 196 valence electrons. The van der Waals surface area contributed by atoms with E-state index in [2.05, 4.69) is 10.3 Å². The van der Waals surface area contributed by atoms with E-state index in [-0.39, 0.29) is 30.7 Å². The highest BCUT2D eigenvalue weighted by Gasteiger charge is 2.39. The first-order chi connectivity index (χ1) is 18.3. The number of amidine groups is 1. The molecule has 0 radical (unpaired) electrons. The van der Waals surface area contributed by atoms with Gasteiger partial charge in [0.05, 0.1) is 28.6 Å². The van der Waals surface area contributed by atoms with E-state index in [4.69, 9.17) is 16.3 Å². The molecule has 0 spiro atoms. The van der Waals surface area contributed by atoms with E-state index in [1.54, 1.807) is 72.5 Å². The van der Waals surface area contributed by atoms with Gasteiger partial charge in [0, 0.05) is 13.0 Å². The Morgan fingerprint density at radius 1 is 1.08 bits per heavy atom. The van der Waals surface area contributed by atoms with Crippen molar-refractivity contribution in [2.75, 3.05) is 18.5 Å². The maximum absolute atomic E-state index is 13.3. The first-order valence-corrected chi connectivity index (χ1v) is 13.2. The van der Waals surface area contributed by atoms with E-state index in [1.165, 1.54) is 23.9 Å². The Labute approximate surface area is 229 Å².